The summed E-state index contributed by atoms with van der Waals surface area (Å²) < 4.78 is 10.2. The van der Waals surface area contributed by atoms with E-state index in [2.05, 4.69) is 5.32 Å². The molecule has 1 saturated heterocycles. The second kappa shape index (κ2) is 8.41. The molecule has 100 valence electrons. The van der Waals surface area contributed by atoms with Gasteiger partial charge in [0, 0.05) is 33.4 Å². The zero-order valence-electron chi connectivity index (χ0n) is 10.4. The van der Waals surface area contributed by atoms with Gasteiger partial charge in [0.15, 0.2) is 0 Å². The van der Waals surface area contributed by atoms with Crippen LogP contribution in [0.25, 0.3) is 0 Å². The second-order valence-corrected chi connectivity index (χ2v) is 4.11. The van der Waals surface area contributed by atoms with Crippen LogP contribution in [0.3, 0.4) is 0 Å². The Balaban J connectivity index is 2.12. The van der Waals surface area contributed by atoms with E-state index in [4.69, 9.17) is 14.6 Å². The number of aliphatic hydroxyl groups excluding tert-OH is 1. The first-order chi connectivity index (χ1) is 8.26. The molecule has 1 fully saturated rings. The predicted molar refractivity (Wildman–Crippen MR) is 62.8 cm³/mol. The predicted octanol–water partition coefficient (Wildman–Crippen LogP) is -1.17. The maximum Gasteiger partial charge on any atom is 0.234 e. The highest BCUT2D eigenvalue weighted by molar-refractivity contribution is 5.77. The average Bonchev–Trinajstić information content (AvgIpc) is 2.35. The van der Waals surface area contributed by atoms with Crippen LogP contribution in [0.5, 0.6) is 0 Å². The van der Waals surface area contributed by atoms with Crippen molar-refractivity contribution in [1.29, 1.82) is 0 Å². The Bertz CT molecular complexity index is 226. The quantitative estimate of drug-likeness (QED) is 0.554. The molecule has 17 heavy (non-hydrogen) atoms. The van der Waals surface area contributed by atoms with Crippen LogP contribution in [-0.4, -0.2) is 75.1 Å². The Labute approximate surface area is 102 Å². The summed E-state index contributed by atoms with van der Waals surface area (Å²) in [5, 5.41) is 11.8. The van der Waals surface area contributed by atoms with Gasteiger partial charge >= 0.3 is 0 Å². The number of rotatable bonds is 7. The van der Waals surface area contributed by atoms with Crippen molar-refractivity contribution in [2.75, 3.05) is 53.1 Å². The van der Waals surface area contributed by atoms with Crippen LogP contribution >= 0.6 is 0 Å². The molecule has 0 bridgehead atoms. The molecule has 1 rings (SSSR count). The monoisotopic (exact) mass is 246 g/mol. The number of ether oxygens (including phenoxy) is 2. The van der Waals surface area contributed by atoms with Crippen LogP contribution in [0.2, 0.25) is 0 Å². The van der Waals surface area contributed by atoms with Crippen molar-refractivity contribution in [3.8, 4) is 0 Å². The van der Waals surface area contributed by atoms with Crippen LogP contribution in [0.1, 0.15) is 6.42 Å². The molecule has 0 aliphatic carbocycles. The van der Waals surface area contributed by atoms with E-state index in [1.165, 1.54) is 0 Å². The maximum absolute atomic E-state index is 11.6. The third-order valence-corrected chi connectivity index (χ3v) is 2.64. The van der Waals surface area contributed by atoms with Crippen LogP contribution in [-0.2, 0) is 14.3 Å². The number of amides is 1. The third-order valence-electron chi connectivity index (χ3n) is 2.64. The number of aliphatic hydroxyl groups is 1. The highest BCUT2D eigenvalue weighted by Gasteiger charge is 2.21. The van der Waals surface area contributed by atoms with Gasteiger partial charge in [-0.3, -0.25) is 9.69 Å². The molecule has 1 aliphatic heterocycles. The number of morpholine rings is 1. The molecule has 6 nitrogen and oxygen atoms in total. The average molecular weight is 246 g/mol. The Morgan fingerprint density at radius 2 is 2.47 bits per heavy atom. The van der Waals surface area contributed by atoms with Gasteiger partial charge in [0.05, 0.1) is 25.9 Å². The van der Waals surface area contributed by atoms with E-state index in [0.29, 0.717) is 32.8 Å². The van der Waals surface area contributed by atoms with Gasteiger partial charge in [0.2, 0.25) is 5.91 Å². The van der Waals surface area contributed by atoms with E-state index in [1.54, 1.807) is 7.11 Å². The van der Waals surface area contributed by atoms with Gasteiger partial charge in [-0.25, -0.2) is 0 Å². The van der Waals surface area contributed by atoms with E-state index in [1.807, 2.05) is 4.90 Å². The SMILES string of the molecule is COCCCNC(=O)CN1CCOC(CO)C1. The summed E-state index contributed by atoms with van der Waals surface area (Å²) in [6.07, 6.45) is 0.662. The van der Waals surface area contributed by atoms with Gasteiger partial charge in [-0.2, -0.15) is 0 Å². The number of carbonyl (C=O) groups excluding carboxylic acids is 1. The molecule has 1 unspecified atom stereocenters. The second-order valence-electron chi connectivity index (χ2n) is 4.11. The zero-order valence-corrected chi connectivity index (χ0v) is 10.4. The highest BCUT2D eigenvalue weighted by Crippen LogP contribution is 2.03. The van der Waals surface area contributed by atoms with E-state index < -0.39 is 0 Å². The zero-order chi connectivity index (χ0) is 12.5. The van der Waals surface area contributed by atoms with Crippen molar-refractivity contribution in [2.45, 2.75) is 12.5 Å². The Hall–Kier alpha value is -0.690. The Kier molecular flexibility index (Phi) is 7.11. The summed E-state index contributed by atoms with van der Waals surface area (Å²) in [5.74, 6) is 0.0136. The fourth-order valence-corrected chi connectivity index (χ4v) is 1.74. The van der Waals surface area contributed by atoms with Crippen molar-refractivity contribution < 1.29 is 19.4 Å². The van der Waals surface area contributed by atoms with Gasteiger partial charge in [-0.15, -0.1) is 0 Å². The molecule has 0 radical (unpaired) electrons. The summed E-state index contributed by atoms with van der Waals surface area (Å²) >= 11 is 0. The molecule has 0 aromatic carbocycles. The molecular formula is C11H22N2O4. The topological polar surface area (TPSA) is 71.0 Å². The minimum absolute atomic E-state index is 0.00591. The molecule has 6 heteroatoms. The molecule has 1 aliphatic rings. The van der Waals surface area contributed by atoms with E-state index in [-0.39, 0.29) is 18.6 Å². The fourth-order valence-electron chi connectivity index (χ4n) is 1.74. The summed E-state index contributed by atoms with van der Waals surface area (Å²) in [6, 6.07) is 0. The molecule has 1 amide bonds. The number of nitrogens with zero attached hydrogens (tertiary/aromatic N) is 1. The molecule has 1 heterocycles. The molecule has 2 N–H and O–H groups in total. The van der Waals surface area contributed by atoms with Crippen LogP contribution in [0.15, 0.2) is 0 Å². The fraction of sp³-hybridized carbons (Fsp3) is 0.909. The van der Waals surface area contributed by atoms with Crippen molar-refractivity contribution in [3.63, 3.8) is 0 Å². The molecule has 1 atom stereocenters. The third kappa shape index (κ3) is 5.97. The molecule has 0 spiro atoms. The largest absolute Gasteiger partial charge is 0.394 e. The van der Waals surface area contributed by atoms with Crippen molar-refractivity contribution >= 4 is 5.91 Å². The maximum atomic E-state index is 11.6. The van der Waals surface area contributed by atoms with Crippen molar-refractivity contribution in [1.82, 2.24) is 10.2 Å². The number of hydrogen-bond acceptors (Lipinski definition) is 5. The number of nitrogens with one attached hydrogen (secondary N) is 1. The van der Waals surface area contributed by atoms with E-state index >= 15 is 0 Å². The van der Waals surface area contributed by atoms with Gasteiger partial charge in [0.1, 0.15) is 0 Å². The van der Waals surface area contributed by atoms with Crippen molar-refractivity contribution in [2.24, 2.45) is 0 Å². The van der Waals surface area contributed by atoms with Crippen LogP contribution in [0.4, 0.5) is 0 Å². The van der Waals surface area contributed by atoms with Gasteiger partial charge < -0.3 is 19.9 Å². The first kappa shape index (κ1) is 14.4. The molecule has 0 aromatic rings. The lowest BCUT2D eigenvalue weighted by Gasteiger charge is -2.31. The lowest BCUT2D eigenvalue weighted by molar-refractivity contribution is -0.124. The van der Waals surface area contributed by atoms with Gasteiger partial charge in [-0.1, -0.05) is 0 Å². The smallest absolute Gasteiger partial charge is 0.234 e. The summed E-state index contributed by atoms with van der Waals surface area (Å²) in [4.78, 5) is 13.6. The summed E-state index contributed by atoms with van der Waals surface area (Å²) in [5.41, 5.74) is 0. The number of carbonyl (C=O) groups is 1. The lowest BCUT2D eigenvalue weighted by Crippen LogP contribution is -2.48. The first-order valence-corrected chi connectivity index (χ1v) is 5.96. The Morgan fingerprint density at radius 3 is 3.18 bits per heavy atom. The standard InChI is InChI=1S/C11H22N2O4/c1-16-5-2-3-12-11(15)8-13-4-6-17-10(7-13)9-14/h10,14H,2-9H2,1H3,(H,12,15). The number of methoxy groups -OCH3 is 1. The first-order valence-electron chi connectivity index (χ1n) is 5.96. The van der Waals surface area contributed by atoms with Crippen LogP contribution < -0.4 is 5.32 Å². The summed E-state index contributed by atoms with van der Waals surface area (Å²) in [6.45, 7) is 3.59. The highest BCUT2D eigenvalue weighted by atomic mass is 16.5. The van der Waals surface area contributed by atoms with Crippen LogP contribution in [0, 0.1) is 0 Å². The van der Waals surface area contributed by atoms with Crippen molar-refractivity contribution in [3.05, 3.63) is 0 Å². The Morgan fingerprint density at radius 1 is 1.65 bits per heavy atom. The van der Waals surface area contributed by atoms with E-state index in [9.17, 15) is 4.79 Å². The molecule has 0 saturated carbocycles. The van der Waals surface area contributed by atoms with Gasteiger partial charge in [-0.05, 0) is 6.42 Å². The molecule has 0 aromatic heterocycles. The van der Waals surface area contributed by atoms with E-state index in [0.717, 1.165) is 13.0 Å². The van der Waals surface area contributed by atoms with Gasteiger partial charge in [0.25, 0.3) is 0 Å². The normalized spacial score (nSPS) is 21.4. The minimum Gasteiger partial charge on any atom is -0.394 e. The molecular weight excluding hydrogens is 224 g/mol. The number of hydrogen-bond donors (Lipinski definition) is 2. The minimum atomic E-state index is -0.162. The lowest BCUT2D eigenvalue weighted by atomic mass is 10.3. The summed E-state index contributed by atoms with van der Waals surface area (Å²) in [7, 11) is 1.64.